The van der Waals surface area contributed by atoms with Crippen LogP contribution in [0.2, 0.25) is 0 Å². The lowest BCUT2D eigenvalue weighted by Crippen LogP contribution is -2.56. The number of fused-ring (bicyclic) bond motifs is 1. The van der Waals surface area contributed by atoms with Gasteiger partial charge in [0.05, 0.1) is 16.2 Å². The second-order valence-electron chi connectivity index (χ2n) is 6.92. The normalized spacial score (nSPS) is 22.0. The highest BCUT2D eigenvalue weighted by Gasteiger charge is 2.47. The summed E-state index contributed by atoms with van der Waals surface area (Å²) < 4.78 is 0. The van der Waals surface area contributed by atoms with Crippen molar-refractivity contribution in [3.05, 3.63) is 46.9 Å². The van der Waals surface area contributed by atoms with Gasteiger partial charge in [-0.15, -0.1) is 0 Å². The zero-order valence-electron chi connectivity index (χ0n) is 15.9. The van der Waals surface area contributed by atoms with Crippen molar-refractivity contribution in [1.82, 2.24) is 14.7 Å². The molecule has 4 amide bonds. The van der Waals surface area contributed by atoms with Crippen LogP contribution in [0.5, 0.6) is 0 Å². The third-order valence-corrected chi connectivity index (χ3v) is 6.38. The molecule has 2 aliphatic rings. The lowest BCUT2D eigenvalue weighted by atomic mass is 10.0. The molecule has 27 heavy (non-hydrogen) atoms. The van der Waals surface area contributed by atoms with E-state index in [-0.39, 0.29) is 23.2 Å². The van der Waals surface area contributed by atoms with Crippen molar-refractivity contribution in [2.75, 3.05) is 20.6 Å². The Hall–Kier alpha value is -2.28. The number of nitrogens with zero attached hydrogens (tertiary/aromatic N) is 3. The molecule has 0 N–H and O–H groups in total. The summed E-state index contributed by atoms with van der Waals surface area (Å²) in [7, 11) is 3.16. The molecule has 1 aromatic rings. The topological polar surface area (TPSA) is 60.9 Å². The van der Waals surface area contributed by atoms with E-state index in [2.05, 4.69) is 6.92 Å². The highest BCUT2D eigenvalue weighted by Crippen LogP contribution is 2.42. The fourth-order valence-corrected chi connectivity index (χ4v) is 4.65. The van der Waals surface area contributed by atoms with Gasteiger partial charge in [-0.3, -0.25) is 14.5 Å². The van der Waals surface area contributed by atoms with Crippen molar-refractivity contribution < 1.29 is 14.4 Å². The molecule has 0 bridgehead atoms. The zero-order chi connectivity index (χ0) is 19.6. The van der Waals surface area contributed by atoms with E-state index in [1.54, 1.807) is 18.0 Å². The smallest absolute Gasteiger partial charge is 0.327 e. The molecule has 1 saturated heterocycles. The van der Waals surface area contributed by atoms with Crippen LogP contribution in [-0.4, -0.2) is 58.6 Å². The minimum atomic E-state index is -0.466. The van der Waals surface area contributed by atoms with E-state index in [9.17, 15) is 14.4 Å². The molecular weight excluding hydrogens is 362 g/mol. The van der Waals surface area contributed by atoms with Gasteiger partial charge in [0.15, 0.2) is 0 Å². The number of rotatable bonds is 6. The molecule has 2 atom stereocenters. The van der Waals surface area contributed by atoms with Gasteiger partial charge in [0.25, 0.3) is 5.91 Å². The molecule has 2 heterocycles. The molecule has 6 nitrogen and oxygen atoms in total. The van der Waals surface area contributed by atoms with Crippen LogP contribution in [0.3, 0.4) is 0 Å². The molecule has 2 unspecified atom stereocenters. The van der Waals surface area contributed by atoms with Crippen LogP contribution >= 0.6 is 11.8 Å². The lowest BCUT2D eigenvalue weighted by Gasteiger charge is -2.37. The van der Waals surface area contributed by atoms with E-state index in [0.717, 1.165) is 23.3 Å². The van der Waals surface area contributed by atoms with Crippen LogP contribution in [0.25, 0.3) is 0 Å². The Balaban J connectivity index is 1.80. The number of imide groups is 1. The molecule has 2 aliphatic heterocycles. The predicted octanol–water partition coefficient (Wildman–Crippen LogP) is 2.91. The minimum Gasteiger partial charge on any atom is -0.334 e. The van der Waals surface area contributed by atoms with Gasteiger partial charge in [0.1, 0.15) is 0 Å². The number of carbonyl (C=O) groups is 3. The molecule has 144 valence electrons. The molecule has 3 rings (SSSR count). The van der Waals surface area contributed by atoms with Crippen LogP contribution in [0.1, 0.15) is 25.3 Å². The van der Waals surface area contributed by atoms with Crippen molar-refractivity contribution in [2.45, 2.75) is 31.7 Å². The minimum absolute atomic E-state index is 0.0667. The third-order valence-electron chi connectivity index (χ3n) is 4.97. The van der Waals surface area contributed by atoms with Gasteiger partial charge in [0, 0.05) is 27.2 Å². The largest absolute Gasteiger partial charge is 0.334 e. The molecule has 7 heteroatoms. The van der Waals surface area contributed by atoms with E-state index in [1.165, 1.54) is 18.8 Å². The Morgan fingerprint density at radius 2 is 1.89 bits per heavy atom. The SMILES string of the molecule is CCCCN(Cc1ccccc1)C(=O)C1=CC2C(=O)N(C)C(=O)N(C)C2S1. The molecule has 0 aliphatic carbocycles. The Bertz CT molecular complexity index is 765. The number of hydrogen-bond donors (Lipinski definition) is 0. The maximum Gasteiger partial charge on any atom is 0.327 e. The molecule has 1 fully saturated rings. The van der Waals surface area contributed by atoms with E-state index >= 15 is 0 Å². The molecular formula is C20H25N3O3S. The van der Waals surface area contributed by atoms with Gasteiger partial charge >= 0.3 is 6.03 Å². The zero-order valence-corrected chi connectivity index (χ0v) is 16.7. The summed E-state index contributed by atoms with van der Waals surface area (Å²) in [4.78, 5) is 42.9. The Labute approximate surface area is 164 Å². The fourth-order valence-electron chi connectivity index (χ4n) is 3.35. The first-order valence-electron chi connectivity index (χ1n) is 9.20. The summed E-state index contributed by atoms with van der Waals surface area (Å²) in [6.45, 7) is 3.30. The summed E-state index contributed by atoms with van der Waals surface area (Å²) in [6, 6.07) is 9.57. The van der Waals surface area contributed by atoms with Crippen LogP contribution in [0.15, 0.2) is 41.3 Å². The van der Waals surface area contributed by atoms with Gasteiger partial charge in [0.2, 0.25) is 5.91 Å². The van der Waals surface area contributed by atoms with Crippen molar-refractivity contribution >= 4 is 29.6 Å². The second kappa shape index (κ2) is 8.17. The molecule has 0 spiro atoms. The molecule has 0 saturated carbocycles. The van der Waals surface area contributed by atoms with Crippen molar-refractivity contribution in [1.29, 1.82) is 0 Å². The lowest BCUT2D eigenvalue weighted by molar-refractivity contribution is -0.133. The number of thioether (sulfide) groups is 1. The number of hydrogen-bond acceptors (Lipinski definition) is 4. The van der Waals surface area contributed by atoms with Crippen molar-refractivity contribution in [3.63, 3.8) is 0 Å². The molecule has 1 aromatic carbocycles. The highest BCUT2D eigenvalue weighted by molar-refractivity contribution is 8.04. The van der Waals surface area contributed by atoms with Crippen molar-refractivity contribution in [2.24, 2.45) is 5.92 Å². The second-order valence-corrected chi connectivity index (χ2v) is 8.08. The van der Waals surface area contributed by atoms with Gasteiger partial charge in [-0.2, -0.15) is 0 Å². The first kappa shape index (κ1) is 19.5. The maximum absolute atomic E-state index is 13.2. The van der Waals surface area contributed by atoms with E-state index in [0.29, 0.717) is 18.0 Å². The average molecular weight is 388 g/mol. The Morgan fingerprint density at radius 3 is 2.56 bits per heavy atom. The number of urea groups is 1. The summed E-state index contributed by atoms with van der Waals surface area (Å²) >= 11 is 1.32. The Kier molecular flexibility index (Phi) is 5.89. The number of unbranched alkanes of at least 4 members (excludes halogenated alkanes) is 1. The average Bonchev–Trinajstić information content (AvgIpc) is 3.14. The Morgan fingerprint density at radius 1 is 1.19 bits per heavy atom. The summed E-state index contributed by atoms with van der Waals surface area (Å²) in [5.74, 6) is -0.782. The number of carbonyl (C=O) groups excluding carboxylic acids is 3. The van der Waals surface area contributed by atoms with Crippen LogP contribution in [0.4, 0.5) is 4.79 Å². The van der Waals surface area contributed by atoms with Crippen molar-refractivity contribution in [3.8, 4) is 0 Å². The quantitative estimate of drug-likeness (QED) is 0.753. The highest BCUT2D eigenvalue weighted by atomic mass is 32.2. The van der Waals surface area contributed by atoms with Crippen LogP contribution in [-0.2, 0) is 16.1 Å². The standard InChI is InChI=1S/C20H25N3O3S/c1-4-5-11-23(13-14-9-7-6-8-10-14)18(25)16-12-15-17(24)21(2)20(26)22(3)19(15)27-16/h6-10,12,15,19H,4-5,11,13H2,1-3H3. The van der Waals surface area contributed by atoms with E-state index in [1.807, 2.05) is 35.2 Å². The summed E-state index contributed by atoms with van der Waals surface area (Å²) in [5, 5.41) is -0.343. The molecule has 0 radical (unpaired) electrons. The first-order valence-corrected chi connectivity index (χ1v) is 10.1. The maximum atomic E-state index is 13.2. The summed E-state index contributed by atoms with van der Waals surface area (Å²) in [5.41, 5.74) is 1.08. The summed E-state index contributed by atoms with van der Waals surface area (Å²) in [6.07, 6.45) is 3.66. The first-order chi connectivity index (χ1) is 12.9. The van der Waals surface area contributed by atoms with E-state index in [4.69, 9.17) is 0 Å². The predicted molar refractivity (Wildman–Crippen MR) is 106 cm³/mol. The van der Waals surface area contributed by atoms with Gasteiger partial charge in [-0.05, 0) is 18.1 Å². The van der Waals surface area contributed by atoms with Gasteiger partial charge in [-0.1, -0.05) is 55.4 Å². The third kappa shape index (κ3) is 3.88. The van der Waals surface area contributed by atoms with Crippen LogP contribution in [0, 0.1) is 5.92 Å². The van der Waals surface area contributed by atoms with Crippen LogP contribution < -0.4 is 0 Å². The van der Waals surface area contributed by atoms with Gasteiger partial charge in [-0.25, -0.2) is 4.79 Å². The molecule has 0 aromatic heterocycles. The number of amides is 4. The number of benzene rings is 1. The van der Waals surface area contributed by atoms with Gasteiger partial charge < -0.3 is 9.80 Å². The van der Waals surface area contributed by atoms with E-state index < -0.39 is 5.92 Å². The monoisotopic (exact) mass is 387 g/mol. The fraction of sp³-hybridized carbons (Fsp3) is 0.450.